The van der Waals surface area contributed by atoms with Gasteiger partial charge in [-0.05, 0) is 24.5 Å². The van der Waals surface area contributed by atoms with Crippen molar-refractivity contribution in [3.05, 3.63) is 23.8 Å². The number of anilines is 1. The highest BCUT2D eigenvalue weighted by Crippen LogP contribution is 2.38. The molecule has 0 radical (unpaired) electrons. The highest BCUT2D eigenvalue weighted by molar-refractivity contribution is 5.99. The number of para-hydroxylation sites is 1. The van der Waals surface area contributed by atoms with Gasteiger partial charge in [-0.15, -0.1) is 0 Å². The number of nitrogens with zero attached hydrogens (tertiary/aromatic N) is 1. The molecule has 0 bridgehead atoms. The van der Waals surface area contributed by atoms with Crippen LogP contribution in [0.1, 0.15) is 12.0 Å². The minimum Gasteiger partial charge on any atom is -0.482 e. The monoisotopic (exact) mass is 189 g/mol. The maximum Gasteiger partial charge on any atom is 0.265 e. The van der Waals surface area contributed by atoms with Crippen molar-refractivity contribution >= 4 is 11.6 Å². The van der Waals surface area contributed by atoms with E-state index < -0.39 is 0 Å². The molecule has 2 heterocycles. The predicted molar refractivity (Wildman–Crippen MR) is 52.6 cm³/mol. The van der Waals surface area contributed by atoms with Crippen LogP contribution in [0.4, 0.5) is 5.69 Å². The van der Waals surface area contributed by atoms with Crippen LogP contribution < -0.4 is 9.64 Å². The fourth-order valence-electron chi connectivity index (χ4n) is 2.20. The van der Waals surface area contributed by atoms with Gasteiger partial charge in [0.2, 0.25) is 0 Å². The van der Waals surface area contributed by atoms with Gasteiger partial charge in [-0.25, -0.2) is 0 Å². The Morgan fingerprint density at radius 2 is 2.29 bits per heavy atom. The van der Waals surface area contributed by atoms with Gasteiger partial charge in [-0.1, -0.05) is 12.1 Å². The lowest BCUT2D eigenvalue weighted by molar-refractivity contribution is -0.121. The third-order valence-corrected chi connectivity index (χ3v) is 2.83. The molecule has 0 saturated carbocycles. The number of ether oxygens (including phenoxy) is 1. The van der Waals surface area contributed by atoms with Crippen LogP contribution in [0, 0.1) is 0 Å². The smallest absolute Gasteiger partial charge is 0.265 e. The number of rotatable bonds is 0. The molecule has 3 rings (SSSR count). The van der Waals surface area contributed by atoms with Crippen molar-refractivity contribution in [2.24, 2.45) is 0 Å². The van der Waals surface area contributed by atoms with Crippen molar-refractivity contribution in [1.29, 1.82) is 0 Å². The van der Waals surface area contributed by atoms with E-state index in [2.05, 4.69) is 6.07 Å². The lowest BCUT2D eigenvalue weighted by atomic mass is 10.0. The molecule has 2 aliphatic rings. The van der Waals surface area contributed by atoms with Crippen LogP contribution in [0.15, 0.2) is 18.2 Å². The highest BCUT2D eigenvalue weighted by Gasteiger charge is 2.29. The first-order chi connectivity index (χ1) is 6.86. The average molecular weight is 189 g/mol. The molecule has 0 saturated heterocycles. The molecule has 0 aromatic heterocycles. The third-order valence-electron chi connectivity index (χ3n) is 2.83. The Balaban J connectivity index is 2.21. The predicted octanol–water partition coefficient (Wildman–Crippen LogP) is 1.36. The SMILES string of the molecule is O=C1COc2cccc3c2N1CCC3. The molecule has 3 heteroatoms. The van der Waals surface area contributed by atoms with Crippen molar-refractivity contribution in [2.45, 2.75) is 12.8 Å². The zero-order valence-electron chi connectivity index (χ0n) is 7.82. The van der Waals surface area contributed by atoms with Gasteiger partial charge in [0.05, 0.1) is 5.69 Å². The molecule has 14 heavy (non-hydrogen) atoms. The van der Waals surface area contributed by atoms with Crippen molar-refractivity contribution < 1.29 is 9.53 Å². The second-order valence-corrected chi connectivity index (χ2v) is 3.70. The van der Waals surface area contributed by atoms with Gasteiger partial charge < -0.3 is 9.64 Å². The maximum absolute atomic E-state index is 11.6. The first-order valence-corrected chi connectivity index (χ1v) is 4.91. The molecule has 0 fully saturated rings. The largest absolute Gasteiger partial charge is 0.482 e. The summed E-state index contributed by atoms with van der Waals surface area (Å²) >= 11 is 0. The molecule has 1 aromatic rings. The number of hydrogen-bond donors (Lipinski definition) is 0. The standard InChI is InChI=1S/C11H11NO2/c13-10-7-14-9-5-1-3-8-4-2-6-12(10)11(8)9/h1,3,5H,2,4,6-7H2. The van der Waals surface area contributed by atoms with E-state index in [-0.39, 0.29) is 12.5 Å². The van der Waals surface area contributed by atoms with Crippen molar-refractivity contribution in [1.82, 2.24) is 0 Å². The number of amides is 1. The van der Waals surface area contributed by atoms with Gasteiger partial charge in [0.1, 0.15) is 5.75 Å². The van der Waals surface area contributed by atoms with Crippen LogP contribution in [-0.2, 0) is 11.2 Å². The van der Waals surface area contributed by atoms with Gasteiger partial charge in [0, 0.05) is 6.54 Å². The fraction of sp³-hybridized carbons (Fsp3) is 0.364. The van der Waals surface area contributed by atoms with Gasteiger partial charge in [-0.2, -0.15) is 0 Å². The van der Waals surface area contributed by atoms with Gasteiger partial charge in [0.25, 0.3) is 5.91 Å². The Labute approximate surface area is 82.3 Å². The van der Waals surface area contributed by atoms with E-state index in [4.69, 9.17) is 4.74 Å². The zero-order chi connectivity index (χ0) is 9.54. The van der Waals surface area contributed by atoms with Crippen LogP contribution >= 0.6 is 0 Å². The molecule has 0 unspecified atom stereocenters. The number of carbonyl (C=O) groups excluding carboxylic acids is 1. The van der Waals surface area contributed by atoms with Crippen molar-refractivity contribution in [2.75, 3.05) is 18.1 Å². The molecule has 3 nitrogen and oxygen atoms in total. The second-order valence-electron chi connectivity index (χ2n) is 3.70. The van der Waals surface area contributed by atoms with E-state index in [0.29, 0.717) is 0 Å². The quantitative estimate of drug-likeness (QED) is 0.616. The minimum absolute atomic E-state index is 0.0876. The van der Waals surface area contributed by atoms with Crippen LogP contribution in [-0.4, -0.2) is 19.1 Å². The summed E-state index contributed by atoms with van der Waals surface area (Å²) in [7, 11) is 0. The maximum atomic E-state index is 11.6. The highest BCUT2D eigenvalue weighted by atomic mass is 16.5. The first-order valence-electron chi connectivity index (χ1n) is 4.91. The van der Waals surface area contributed by atoms with E-state index in [1.165, 1.54) is 5.56 Å². The summed E-state index contributed by atoms with van der Waals surface area (Å²) in [6, 6.07) is 6.00. The van der Waals surface area contributed by atoms with E-state index in [0.717, 1.165) is 30.8 Å². The summed E-state index contributed by atoms with van der Waals surface area (Å²) in [6.45, 7) is 1.03. The van der Waals surface area contributed by atoms with E-state index in [1.807, 2.05) is 17.0 Å². The molecular weight excluding hydrogens is 178 g/mol. The molecule has 0 atom stereocenters. The topological polar surface area (TPSA) is 29.5 Å². The summed E-state index contributed by atoms with van der Waals surface area (Å²) in [5.74, 6) is 0.950. The lowest BCUT2D eigenvalue weighted by Crippen LogP contribution is -2.42. The van der Waals surface area contributed by atoms with Crippen LogP contribution in [0.25, 0.3) is 0 Å². The molecular formula is C11H11NO2. The number of benzene rings is 1. The Morgan fingerprint density at radius 3 is 3.21 bits per heavy atom. The van der Waals surface area contributed by atoms with Gasteiger partial charge >= 0.3 is 0 Å². The molecule has 1 aromatic carbocycles. The Morgan fingerprint density at radius 1 is 1.36 bits per heavy atom. The molecule has 1 amide bonds. The first kappa shape index (κ1) is 7.85. The Bertz CT molecular complexity index is 386. The van der Waals surface area contributed by atoms with Crippen LogP contribution in [0.5, 0.6) is 5.75 Å². The Hall–Kier alpha value is -1.51. The molecule has 72 valence electrons. The Kier molecular flexibility index (Phi) is 1.54. The molecule has 0 N–H and O–H groups in total. The normalized spacial score (nSPS) is 18.9. The fourth-order valence-corrected chi connectivity index (χ4v) is 2.20. The second kappa shape index (κ2) is 2.74. The van der Waals surface area contributed by atoms with Crippen LogP contribution in [0.2, 0.25) is 0 Å². The van der Waals surface area contributed by atoms with E-state index >= 15 is 0 Å². The summed E-state index contributed by atoms with van der Waals surface area (Å²) in [5.41, 5.74) is 2.25. The third kappa shape index (κ3) is 0.953. The van der Waals surface area contributed by atoms with Gasteiger partial charge in [-0.3, -0.25) is 4.79 Å². The molecule has 0 aliphatic carbocycles. The summed E-state index contributed by atoms with van der Waals surface area (Å²) in [6.07, 6.45) is 2.11. The number of hydrogen-bond acceptors (Lipinski definition) is 2. The number of carbonyl (C=O) groups is 1. The average Bonchev–Trinajstić information content (AvgIpc) is 2.24. The van der Waals surface area contributed by atoms with Crippen molar-refractivity contribution in [3.8, 4) is 5.75 Å². The number of aryl methyl sites for hydroxylation is 1. The van der Waals surface area contributed by atoms with E-state index in [1.54, 1.807) is 0 Å². The molecule has 0 spiro atoms. The summed E-state index contributed by atoms with van der Waals surface area (Å²) in [5, 5.41) is 0. The van der Waals surface area contributed by atoms with Crippen molar-refractivity contribution in [3.63, 3.8) is 0 Å². The van der Waals surface area contributed by atoms with Crippen LogP contribution in [0.3, 0.4) is 0 Å². The van der Waals surface area contributed by atoms with E-state index in [9.17, 15) is 4.79 Å². The minimum atomic E-state index is 0.0876. The summed E-state index contributed by atoms with van der Waals surface area (Å²) in [4.78, 5) is 13.4. The van der Waals surface area contributed by atoms with Gasteiger partial charge in [0.15, 0.2) is 6.61 Å². The zero-order valence-corrected chi connectivity index (χ0v) is 7.82. The molecule has 2 aliphatic heterocycles. The summed E-state index contributed by atoms with van der Waals surface area (Å²) < 4.78 is 5.39. The lowest BCUT2D eigenvalue weighted by Gasteiger charge is -2.34.